The lowest BCUT2D eigenvalue weighted by Gasteiger charge is -2.25. The first-order valence-electron chi connectivity index (χ1n) is 9.47. The van der Waals surface area contributed by atoms with E-state index in [-0.39, 0.29) is 19.6 Å². The van der Waals surface area contributed by atoms with E-state index in [1.54, 1.807) is 0 Å². The summed E-state index contributed by atoms with van der Waals surface area (Å²) in [4.78, 5) is 38.3. The Kier molecular flexibility index (Phi) is 9.73. The lowest BCUT2D eigenvalue weighted by molar-refractivity contribution is -0.153. The molecule has 0 aliphatic heterocycles. The van der Waals surface area contributed by atoms with E-state index in [2.05, 4.69) is 0 Å². The molecule has 0 aromatic heterocycles. The van der Waals surface area contributed by atoms with E-state index in [0.29, 0.717) is 5.75 Å². The third kappa shape index (κ3) is 7.79. The molecule has 2 aromatic carbocycles. The molecule has 8 heteroatoms. The third-order valence-electron chi connectivity index (χ3n) is 4.09. The molecule has 0 heterocycles. The summed E-state index contributed by atoms with van der Waals surface area (Å²) in [5.74, 6) is -0.758. The van der Waals surface area contributed by atoms with Gasteiger partial charge >= 0.3 is 18.0 Å². The van der Waals surface area contributed by atoms with Crippen molar-refractivity contribution in [2.75, 3.05) is 12.8 Å². The van der Waals surface area contributed by atoms with Crippen molar-refractivity contribution in [2.45, 2.75) is 32.6 Å². The van der Waals surface area contributed by atoms with Crippen molar-refractivity contribution < 1.29 is 28.0 Å². The maximum Gasteiger partial charge on any atom is 0.410 e. The fraction of sp³-hybridized carbons (Fsp3) is 0.318. The van der Waals surface area contributed by atoms with Gasteiger partial charge in [0.2, 0.25) is 0 Å². The molecule has 0 saturated heterocycles. The minimum Gasteiger partial charge on any atom is -0.459 e. The molecule has 0 unspecified atom stereocenters. The first-order valence-corrected chi connectivity index (χ1v) is 10.4. The number of hydrogen-bond acceptors (Lipinski definition) is 7. The minimum atomic E-state index is -1.16. The number of esters is 1. The Bertz CT molecular complexity index is 815. The molecule has 0 aliphatic carbocycles. The number of amides is 1. The quantitative estimate of drug-likeness (QED) is 0.416. The monoisotopic (exact) mass is 431 g/mol. The molecule has 2 rings (SSSR count). The Morgan fingerprint density at radius 2 is 1.43 bits per heavy atom. The number of carbonyl (C=O) groups is 3. The van der Waals surface area contributed by atoms with Crippen LogP contribution in [0.5, 0.6) is 0 Å². The Labute approximate surface area is 180 Å². The highest BCUT2D eigenvalue weighted by molar-refractivity contribution is 7.95. The largest absolute Gasteiger partial charge is 0.459 e. The summed E-state index contributed by atoms with van der Waals surface area (Å²) < 4.78 is 15.6. The van der Waals surface area contributed by atoms with Crippen LogP contribution in [0.2, 0.25) is 0 Å². The van der Waals surface area contributed by atoms with Gasteiger partial charge in [0.05, 0.1) is 18.5 Å². The van der Waals surface area contributed by atoms with Crippen LogP contribution in [-0.4, -0.2) is 41.8 Å². The molecule has 160 valence electrons. The number of carbonyl (C=O) groups excluding carboxylic acids is 3. The highest BCUT2D eigenvalue weighted by atomic mass is 32.2. The van der Waals surface area contributed by atoms with Gasteiger partial charge in [0, 0.05) is 12.8 Å². The van der Waals surface area contributed by atoms with E-state index in [1.807, 2.05) is 67.6 Å². The van der Waals surface area contributed by atoms with Gasteiger partial charge in [0.25, 0.3) is 0 Å². The highest BCUT2D eigenvalue weighted by Gasteiger charge is 2.32. The van der Waals surface area contributed by atoms with Gasteiger partial charge in [-0.1, -0.05) is 67.6 Å². The predicted molar refractivity (Wildman–Crippen MR) is 113 cm³/mol. The molecule has 1 atom stereocenters. The molecule has 0 bridgehead atoms. The summed E-state index contributed by atoms with van der Waals surface area (Å²) in [6, 6.07) is 17.1. The average molecular weight is 432 g/mol. The minimum absolute atomic E-state index is 0.0296. The van der Waals surface area contributed by atoms with Crippen molar-refractivity contribution >= 4 is 30.1 Å². The van der Waals surface area contributed by atoms with Crippen LogP contribution in [-0.2, 0) is 36.5 Å². The Balaban J connectivity index is 2.01. The molecule has 0 N–H and O–H groups in total. The first kappa shape index (κ1) is 23.3. The van der Waals surface area contributed by atoms with Gasteiger partial charge in [-0.05, 0) is 11.1 Å². The summed E-state index contributed by atoms with van der Waals surface area (Å²) in [6.45, 7) is 1.91. The number of nitrogens with zero attached hydrogens (tertiary/aromatic N) is 1. The molecular weight excluding hydrogens is 406 g/mol. The van der Waals surface area contributed by atoms with Crippen LogP contribution in [0, 0.1) is 0 Å². The second-order valence-corrected chi connectivity index (χ2v) is 7.31. The van der Waals surface area contributed by atoms with Crippen LogP contribution in [0.25, 0.3) is 0 Å². The van der Waals surface area contributed by atoms with Crippen LogP contribution >= 0.6 is 12.0 Å². The SMILES string of the molecule is CCSOC(=O)C[C@@H](C(=O)OCc1ccccc1)N(C)C(=O)OCc1ccccc1. The lowest BCUT2D eigenvalue weighted by atomic mass is 10.2. The molecule has 0 radical (unpaired) electrons. The Morgan fingerprint density at radius 1 is 0.900 bits per heavy atom. The topological polar surface area (TPSA) is 82.1 Å². The van der Waals surface area contributed by atoms with Crippen molar-refractivity contribution in [1.29, 1.82) is 0 Å². The summed E-state index contributed by atoms with van der Waals surface area (Å²) in [7, 11) is 1.39. The molecule has 0 fully saturated rings. The van der Waals surface area contributed by atoms with Gasteiger partial charge < -0.3 is 13.7 Å². The van der Waals surface area contributed by atoms with Crippen LogP contribution in [0.15, 0.2) is 60.7 Å². The van der Waals surface area contributed by atoms with E-state index < -0.39 is 24.1 Å². The van der Waals surface area contributed by atoms with E-state index in [0.717, 1.165) is 28.1 Å². The Morgan fingerprint density at radius 3 is 1.97 bits per heavy atom. The molecule has 30 heavy (non-hydrogen) atoms. The predicted octanol–water partition coefficient (Wildman–Crippen LogP) is 3.97. The van der Waals surface area contributed by atoms with Crippen molar-refractivity contribution in [3.63, 3.8) is 0 Å². The van der Waals surface area contributed by atoms with Crippen molar-refractivity contribution in [3.05, 3.63) is 71.8 Å². The van der Waals surface area contributed by atoms with Crippen molar-refractivity contribution in [3.8, 4) is 0 Å². The van der Waals surface area contributed by atoms with E-state index in [1.165, 1.54) is 7.05 Å². The standard InChI is InChI=1S/C22H25NO6S/c1-3-30-29-20(24)14-19(21(25)27-15-17-10-6-4-7-11-17)23(2)22(26)28-16-18-12-8-5-9-13-18/h4-13,19H,3,14-16H2,1-2H3/t19-/m0/s1. The van der Waals surface area contributed by atoms with Crippen molar-refractivity contribution in [2.24, 2.45) is 0 Å². The van der Waals surface area contributed by atoms with E-state index in [9.17, 15) is 14.4 Å². The Hall–Kier alpha value is -3.00. The fourth-order valence-electron chi connectivity index (χ4n) is 2.47. The summed E-state index contributed by atoms with van der Waals surface area (Å²) in [6.07, 6.45) is -1.08. The van der Waals surface area contributed by atoms with Crippen molar-refractivity contribution in [1.82, 2.24) is 4.90 Å². The second kappa shape index (κ2) is 12.5. The number of ether oxygens (including phenoxy) is 2. The third-order valence-corrected chi connectivity index (χ3v) is 4.63. The zero-order valence-corrected chi connectivity index (χ0v) is 17.8. The van der Waals surface area contributed by atoms with Gasteiger partial charge in [-0.25, -0.2) is 9.59 Å². The van der Waals surface area contributed by atoms with Gasteiger partial charge in [0.1, 0.15) is 19.3 Å². The highest BCUT2D eigenvalue weighted by Crippen LogP contribution is 2.14. The molecule has 1 amide bonds. The zero-order chi connectivity index (χ0) is 21.8. The lowest BCUT2D eigenvalue weighted by Crippen LogP contribution is -2.44. The fourth-order valence-corrected chi connectivity index (χ4v) is 2.79. The summed E-state index contributed by atoms with van der Waals surface area (Å²) >= 11 is 0.971. The van der Waals surface area contributed by atoms with Gasteiger partial charge in [0.15, 0.2) is 0 Å². The van der Waals surface area contributed by atoms with Crippen LogP contribution in [0.4, 0.5) is 4.79 Å². The van der Waals surface area contributed by atoms with Crippen LogP contribution in [0.1, 0.15) is 24.5 Å². The van der Waals surface area contributed by atoms with Crippen LogP contribution < -0.4 is 0 Å². The maximum atomic E-state index is 12.7. The van der Waals surface area contributed by atoms with Crippen LogP contribution in [0.3, 0.4) is 0 Å². The molecule has 2 aromatic rings. The normalized spacial score (nSPS) is 11.3. The van der Waals surface area contributed by atoms with Gasteiger partial charge in [-0.15, -0.1) is 0 Å². The number of rotatable bonds is 10. The van der Waals surface area contributed by atoms with Gasteiger partial charge in [-0.3, -0.25) is 9.69 Å². The zero-order valence-electron chi connectivity index (χ0n) is 17.0. The summed E-state index contributed by atoms with van der Waals surface area (Å²) in [5, 5.41) is 0. The van der Waals surface area contributed by atoms with E-state index in [4.69, 9.17) is 13.7 Å². The smallest absolute Gasteiger partial charge is 0.410 e. The number of likely N-dealkylation sites (N-methyl/N-ethyl adjacent to an activating group) is 1. The van der Waals surface area contributed by atoms with Gasteiger partial charge in [-0.2, -0.15) is 0 Å². The summed E-state index contributed by atoms with van der Waals surface area (Å²) in [5.41, 5.74) is 1.60. The molecule has 0 saturated carbocycles. The molecular formula is C22H25NO6S. The molecule has 0 spiro atoms. The number of benzene rings is 2. The second-order valence-electron chi connectivity index (χ2n) is 6.33. The average Bonchev–Trinajstić information content (AvgIpc) is 2.79. The molecule has 0 aliphatic rings. The molecule has 7 nitrogen and oxygen atoms in total. The van der Waals surface area contributed by atoms with E-state index >= 15 is 0 Å². The number of hydrogen-bond donors (Lipinski definition) is 0. The first-order chi connectivity index (χ1) is 14.5. The maximum absolute atomic E-state index is 12.7.